The number of rotatable bonds is 5. The van der Waals surface area contributed by atoms with Crippen molar-refractivity contribution in [1.29, 1.82) is 0 Å². The number of hydrogen-bond donors (Lipinski definition) is 1. The van der Waals surface area contributed by atoms with E-state index in [2.05, 4.69) is 12.2 Å². The van der Waals surface area contributed by atoms with Crippen molar-refractivity contribution in [3.63, 3.8) is 0 Å². The minimum absolute atomic E-state index is 0.150. The zero-order chi connectivity index (χ0) is 11.3. The predicted molar refractivity (Wildman–Crippen MR) is 61.2 cm³/mol. The molecule has 0 atom stereocenters. The van der Waals surface area contributed by atoms with Crippen molar-refractivity contribution in [2.75, 3.05) is 11.9 Å². The number of nitrogens with one attached hydrogen (secondary N) is 1. The smallest absolute Gasteiger partial charge is 0.292 e. The number of anilines is 1. The van der Waals surface area contributed by atoms with E-state index in [1.54, 1.807) is 12.1 Å². The van der Waals surface area contributed by atoms with Crippen LogP contribution in [0.2, 0.25) is 0 Å². The summed E-state index contributed by atoms with van der Waals surface area (Å²) in [5.74, 6) is 0. The number of nitro benzene ring substituents is 1. The molecule has 0 unspecified atom stereocenters. The SMILES string of the molecule is CCCCNc1cc(C)ccc1[N+](=O)[O-]. The summed E-state index contributed by atoms with van der Waals surface area (Å²) in [7, 11) is 0. The summed E-state index contributed by atoms with van der Waals surface area (Å²) in [5, 5.41) is 13.8. The third kappa shape index (κ3) is 3.23. The lowest BCUT2D eigenvalue weighted by Crippen LogP contribution is -2.04. The number of aryl methyl sites for hydroxylation is 1. The largest absolute Gasteiger partial charge is 0.379 e. The van der Waals surface area contributed by atoms with E-state index >= 15 is 0 Å². The molecule has 4 heteroatoms. The zero-order valence-electron chi connectivity index (χ0n) is 9.12. The third-order valence-electron chi connectivity index (χ3n) is 2.19. The second kappa shape index (κ2) is 5.34. The molecule has 1 aromatic carbocycles. The van der Waals surface area contributed by atoms with E-state index in [4.69, 9.17) is 0 Å². The molecule has 0 aliphatic heterocycles. The molecule has 0 spiro atoms. The molecule has 0 amide bonds. The third-order valence-corrected chi connectivity index (χ3v) is 2.19. The van der Waals surface area contributed by atoms with E-state index in [0.717, 1.165) is 24.9 Å². The molecule has 0 heterocycles. The lowest BCUT2D eigenvalue weighted by atomic mass is 10.2. The number of nitro groups is 1. The van der Waals surface area contributed by atoms with Gasteiger partial charge in [-0.05, 0) is 25.0 Å². The van der Waals surface area contributed by atoms with Gasteiger partial charge in [0.05, 0.1) is 4.92 Å². The van der Waals surface area contributed by atoms with Gasteiger partial charge in [0.25, 0.3) is 5.69 Å². The van der Waals surface area contributed by atoms with Gasteiger partial charge in [-0.3, -0.25) is 10.1 Å². The van der Waals surface area contributed by atoms with E-state index in [1.807, 2.05) is 13.0 Å². The molecule has 1 N–H and O–H groups in total. The fraction of sp³-hybridized carbons (Fsp3) is 0.455. The first-order valence-electron chi connectivity index (χ1n) is 5.14. The monoisotopic (exact) mass is 208 g/mol. The normalized spacial score (nSPS) is 10.0. The van der Waals surface area contributed by atoms with Crippen LogP contribution >= 0.6 is 0 Å². The van der Waals surface area contributed by atoms with Gasteiger partial charge in [0.1, 0.15) is 5.69 Å². The van der Waals surface area contributed by atoms with Crippen LogP contribution in [0.5, 0.6) is 0 Å². The molecule has 0 saturated heterocycles. The Morgan fingerprint density at radius 3 is 2.80 bits per heavy atom. The standard InChI is InChI=1S/C11H16N2O2/c1-3-4-7-12-10-8-9(2)5-6-11(10)13(14)15/h5-6,8,12H,3-4,7H2,1-2H3. The molecule has 82 valence electrons. The highest BCUT2D eigenvalue weighted by molar-refractivity contribution is 5.62. The molecule has 1 rings (SSSR count). The van der Waals surface area contributed by atoms with Gasteiger partial charge in [-0.25, -0.2) is 0 Å². The Balaban J connectivity index is 2.82. The van der Waals surface area contributed by atoms with Crippen LogP contribution in [-0.2, 0) is 0 Å². The Labute approximate surface area is 89.5 Å². The fourth-order valence-corrected chi connectivity index (χ4v) is 1.35. The van der Waals surface area contributed by atoms with Gasteiger partial charge in [0, 0.05) is 12.6 Å². The second-order valence-electron chi connectivity index (χ2n) is 3.56. The average Bonchev–Trinajstić information content (AvgIpc) is 2.18. The highest BCUT2D eigenvalue weighted by atomic mass is 16.6. The number of benzene rings is 1. The maximum Gasteiger partial charge on any atom is 0.292 e. The van der Waals surface area contributed by atoms with Crippen molar-refractivity contribution in [2.45, 2.75) is 26.7 Å². The molecule has 0 radical (unpaired) electrons. The summed E-state index contributed by atoms with van der Waals surface area (Å²) in [4.78, 5) is 10.4. The molecule has 4 nitrogen and oxygen atoms in total. The Morgan fingerprint density at radius 2 is 2.20 bits per heavy atom. The quantitative estimate of drug-likeness (QED) is 0.459. The van der Waals surface area contributed by atoms with Crippen LogP contribution in [0.1, 0.15) is 25.3 Å². The van der Waals surface area contributed by atoms with Gasteiger partial charge in [-0.2, -0.15) is 0 Å². The van der Waals surface area contributed by atoms with Gasteiger partial charge < -0.3 is 5.32 Å². The van der Waals surface area contributed by atoms with E-state index in [1.165, 1.54) is 0 Å². The molecule has 0 aliphatic rings. The van der Waals surface area contributed by atoms with E-state index < -0.39 is 0 Å². The number of unbranched alkanes of at least 4 members (excludes halogenated alkanes) is 1. The summed E-state index contributed by atoms with van der Waals surface area (Å²) < 4.78 is 0. The molecule has 1 aromatic rings. The van der Waals surface area contributed by atoms with Gasteiger partial charge in [0.2, 0.25) is 0 Å². The van der Waals surface area contributed by atoms with Gasteiger partial charge in [0.15, 0.2) is 0 Å². The van der Waals surface area contributed by atoms with Crippen LogP contribution in [0.15, 0.2) is 18.2 Å². The van der Waals surface area contributed by atoms with Crippen LogP contribution in [0.25, 0.3) is 0 Å². The Morgan fingerprint density at radius 1 is 1.47 bits per heavy atom. The molecular formula is C11H16N2O2. The molecule has 15 heavy (non-hydrogen) atoms. The maximum atomic E-state index is 10.7. The van der Waals surface area contributed by atoms with E-state index in [0.29, 0.717) is 5.69 Å². The van der Waals surface area contributed by atoms with Gasteiger partial charge in [-0.1, -0.05) is 19.4 Å². The van der Waals surface area contributed by atoms with Crippen molar-refractivity contribution in [1.82, 2.24) is 0 Å². The van der Waals surface area contributed by atoms with Crippen molar-refractivity contribution in [3.8, 4) is 0 Å². The molecule has 0 fully saturated rings. The van der Waals surface area contributed by atoms with Crippen molar-refractivity contribution in [3.05, 3.63) is 33.9 Å². The van der Waals surface area contributed by atoms with Crippen molar-refractivity contribution in [2.24, 2.45) is 0 Å². The minimum atomic E-state index is -0.353. The summed E-state index contributed by atoms with van der Waals surface area (Å²) in [6, 6.07) is 5.11. The average molecular weight is 208 g/mol. The fourth-order valence-electron chi connectivity index (χ4n) is 1.35. The van der Waals surface area contributed by atoms with Gasteiger partial charge in [-0.15, -0.1) is 0 Å². The highest BCUT2D eigenvalue weighted by Gasteiger charge is 2.12. The Bertz CT molecular complexity index is 350. The van der Waals surface area contributed by atoms with Crippen molar-refractivity contribution < 1.29 is 4.92 Å². The number of nitrogens with zero attached hydrogens (tertiary/aromatic N) is 1. The van der Waals surface area contributed by atoms with Crippen molar-refractivity contribution >= 4 is 11.4 Å². The topological polar surface area (TPSA) is 55.2 Å². The highest BCUT2D eigenvalue weighted by Crippen LogP contribution is 2.24. The first kappa shape index (κ1) is 11.5. The van der Waals surface area contributed by atoms with Crippen LogP contribution < -0.4 is 5.32 Å². The molecular weight excluding hydrogens is 192 g/mol. The molecule has 0 aliphatic carbocycles. The Hall–Kier alpha value is -1.58. The summed E-state index contributed by atoms with van der Waals surface area (Å²) in [6.07, 6.45) is 2.09. The predicted octanol–water partition coefficient (Wildman–Crippen LogP) is 3.12. The van der Waals surface area contributed by atoms with Crippen LogP contribution in [0.4, 0.5) is 11.4 Å². The maximum absolute atomic E-state index is 10.7. The van der Waals surface area contributed by atoms with E-state index in [-0.39, 0.29) is 10.6 Å². The first-order valence-corrected chi connectivity index (χ1v) is 5.14. The molecule has 0 bridgehead atoms. The van der Waals surface area contributed by atoms with Crippen LogP contribution in [0, 0.1) is 17.0 Å². The lowest BCUT2D eigenvalue weighted by molar-refractivity contribution is -0.384. The second-order valence-corrected chi connectivity index (χ2v) is 3.56. The van der Waals surface area contributed by atoms with E-state index in [9.17, 15) is 10.1 Å². The van der Waals surface area contributed by atoms with Crippen LogP contribution in [-0.4, -0.2) is 11.5 Å². The zero-order valence-corrected chi connectivity index (χ0v) is 9.12. The minimum Gasteiger partial charge on any atom is -0.379 e. The molecule has 0 aromatic heterocycles. The van der Waals surface area contributed by atoms with Crippen LogP contribution in [0.3, 0.4) is 0 Å². The van der Waals surface area contributed by atoms with Gasteiger partial charge >= 0.3 is 0 Å². The Kier molecular flexibility index (Phi) is 4.09. The summed E-state index contributed by atoms with van der Waals surface area (Å²) in [5.41, 5.74) is 1.80. The number of hydrogen-bond acceptors (Lipinski definition) is 3. The first-order chi connectivity index (χ1) is 7.15. The lowest BCUT2D eigenvalue weighted by Gasteiger charge is -2.06. The summed E-state index contributed by atoms with van der Waals surface area (Å²) >= 11 is 0. The summed E-state index contributed by atoms with van der Waals surface area (Å²) in [6.45, 7) is 4.79. The molecule has 0 saturated carbocycles.